The van der Waals surface area contributed by atoms with Crippen molar-refractivity contribution in [3.63, 3.8) is 0 Å². The highest BCUT2D eigenvalue weighted by Crippen LogP contribution is 2.44. The number of benzene rings is 1. The van der Waals surface area contributed by atoms with Crippen LogP contribution in [-0.4, -0.2) is 46.4 Å². The summed E-state index contributed by atoms with van der Waals surface area (Å²) >= 11 is 1.92. The Labute approximate surface area is 243 Å². The van der Waals surface area contributed by atoms with E-state index >= 15 is 0 Å². The molecule has 2 aliphatic heterocycles. The van der Waals surface area contributed by atoms with E-state index in [-0.39, 0.29) is 5.91 Å². The zero-order chi connectivity index (χ0) is 27.8. The van der Waals surface area contributed by atoms with Gasteiger partial charge in [-0.05, 0) is 101 Å². The van der Waals surface area contributed by atoms with Gasteiger partial charge in [0.1, 0.15) is 6.61 Å². The number of carbonyl (C=O) groups excluding carboxylic acids is 1. The zero-order valence-corrected chi connectivity index (χ0v) is 25.4. The number of carbonyl (C=O) groups is 1. The van der Waals surface area contributed by atoms with Gasteiger partial charge < -0.3 is 14.5 Å². The fourth-order valence-electron chi connectivity index (χ4n) is 7.07. The molecule has 2 fully saturated rings. The van der Waals surface area contributed by atoms with Crippen molar-refractivity contribution in [2.24, 2.45) is 5.92 Å². The predicted octanol–water partition coefficient (Wildman–Crippen LogP) is 7.21. The van der Waals surface area contributed by atoms with Gasteiger partial charge in [-0.15, -0.1) is 11.3 Å². The molecule has 212 valence electrons. The molecule has 0 spiro atoms. The van der Waals surface area contributed by atoms with E-state index in [0.29, 0.717) is 24.9 Å². The van der Waals surface area contributed by atoms with Crippen LogP contribution < -0.4 is 4.74 Å². The van der Waals surface area contributed by atoms with Crippen LogP contribution >= 0.6 is 11.3 Å². The summed E-state index contributed by atoms with van der Waals surface area (Å²) < 4.78 is 6.24. The molecule has 1 aliphatic carbocycles. The highest BCUT2D eigenvalue weighted by atomic mass is 32.1. The summed E-state index contributed by atoms with van der Waals surface area (Å²) in [6.45, 7) is 13.1. The molecular weight excluding hydrogens is 514 g/mol. The van der Waals surface area contributed by atoms with Crippen LogP contribution in [0.25, 0.3) is 0 Å². The van der Waals surface area contributed by atoms with E-state index in [9.17, 15) is 4.79 Å². The predicted molar refractivity (Wildman–Crippen MR) is 162 cm³/mol. The Morgan fingerprint density at radius 3 is 2.50 bits per heavy atom. The maximum absolute atomic E-state index is 13.9. The van der Waals surface area contributed by atoms with Crippen molar-refractivity contribution in [3.05, 3.63) is 79.7 Å². The van der Waals surface area contributed by atoms with Gasteiger partial charge in [-0.2, -0.15) is 0 Å². The standard InChI is InChI=1S/C34H43N3O2S/c1-22-19-23(2)35-33(39-21-26-9-6-5-7-10-26)29(22)20-37-18-15-30-31(34(37)38)25(4)32(40-30)24(3)27-11-13-28(14-12-27)36-16-8-17-36/h5-7,9-10,19,24,27-28H,8,11-18,20-21H2,1-4H3. The monoisotopic (exact) mass is 557 g/mol. The molecule has 5 nitrogen and oxygen atoms in total. The van der Waals surface area contributed by atoms with Crippen molar-refractivity contribution in [2.75, 3.05) is 19.6 Å². The van der Waals surface area contributed by atoms with Gasteiger partial charge >= 0.3 is 0 Å². The molecule has 6 rings (SSSR count). The average Bonchev–Trinajstić information content (AvgIpc) is 3.27. The van der Waals surface area contributed by atoms with Gasteiger partial charge in [0.25, 0.3) is 5.91 Å². The smallest absolute Gasteiger partial charge is 0.255 e. The Morgan fingerprint density at radius 2 is 1.80 bits per heavy atom. The number of pyridine rings is 1. The summed E-state index contributed by atoms with van der Waals surface area (Å²) in [6, 6.07) is 13.1. The van der Waals surface area contributed by atoms with Gasteiger partial charge in [-0.25, -0.2) is 4.98 Å². The van der Waals surface area contributed by atoms with E-state index in [1.807, 2.05) is 41.4 Å². The van der Waals surface area contributed by atoms with Crippen molar-refractivity contribution in [2.45, 2.75) is 91.3 Å². The van der Waals surface area contributed by atoms with Crippen LogP contribution in [-0.2, 0) is 19.6 Å². The second-order valence-corrected chi connectivity index (χ2v) is 13.4. The summed E-state index contributed by atoms with van der Waals surface area (Å²) in [6.07, 6.45) is 7.61. The van der Waals surface area contributed by atoms with E-state index in [0.717, 1.165) is 52.9 Å². The third-order valence-electron chi connectivity index (χ3n) is 9.64. The summed E-state index contributed by atoms with van der Waals surface area (Å²) in [5.41, 5.74) is 6.38. The molecule has 6 heteroatoms. The van der Waals surface area contributed by atoms with Crippen LogP contribution in [0, 0.1) is 26.7 Å². The molecule has 1 unspecified atom stereocenters. The molecule has 4 heterocycles. The molecule has 1 saturated carbocycles. The largest absolute Gasteiger partial charge is 0.473 e. The Hall–Kier alpha value is -2.70. The van der Waals surface area contributed by atoms with Crippen LogP contribution in [0.2, 0.25) is 0 Å². The summed E-state index contributed by atoms with van der Waals surface area (Å²) in [7, 11) is 0. The molecule has 1 aromatic carbocycles. The van der Waals surface area contributed by atoms with Crippen LogP contribution in [0.4, 0.5) is 0 Å². The number of fused-ring (bicyclic) bond motifs is 1. The van der Waals surface area contributed by atoms with Crippen molar-refractivity contribution in [3.8, 4) is 5.88 Å². The molecule has 0 radical (unpaired) electrons. The minimum atomic E-state index is 0.170. The van der Waals surface area contributed by atoms with Crippen LogP contribution in [0.3, 0.4) is 0 Å². The minimum absolute atomic E-state index is 0.170. The number of aryl methyl sites for hydroxylation is 2. The van der Waals surface area contributed by atoms with Gasteiger partial charge in [0.05, 0.1) is 12.1 Å². The van der Waals surface area contributed by atoms with Crippen LogP contribution in [0.1, 0.15) is 93.0 Å². The van der Waals surface area contributed by atoms with Gasteiger partial charge in [0.15, 0.2) is 0 Å². The van der Waals surface area contributed by atoms with Gasteiger partial charge in [-0.1, -0.05) is 37.3 Å². The van der Waals surface area contributed by atoms with Crippen molar-refractivity contribution < 1.29 is 9.53 Å². The number of ether oxygens (including phenoxy) is 1. The lowest BCUT2D eigenvalue weighted by atomic mass is 9.77. The number of hydrogen-bond acceptors (Lipinski definition) is 5. The molecule has 0 N–H and O–H groups in total. The Kier molecular flexibility index (Phi) is 8.00. The molecule has 1 amide bonds. The summed E-state index contributed by atoms with van der Waals surface area (Å²) in [5.74, 6) is 2.07. The fraction of sp³-hybridized carbons (Fsp3) is 0.529. The molecule has 3 aromatic rings. The summed E-state index contributed by atoms with van der Waals surface area (Å²) in [5, 5.41) is 0. The first kappa shape index (κ1) is 27.5. The first-order valence-electron chi connectivity index (χ1n) is 15.2. The molecule has 1 saturated heterocycles. The lowest BCUT2D eigenvalue weighted by Gasteiger charge is -2.43. The molecule has 3 aliphatic rings. The topological polar surface area (TPSA) is 45.7 Å². The van der Waals surface area contributed by atoms with E-state index in [2.05, 4.69) is 43.9 Å². The number of amides is 1. The first-order chi connectivity index (χ1) is 19.4. The number of aromatic nitrogens is 1. The zero-order valence-electron chi connectivity index (χ0n) is 24.5. The van der Waals surface area contributed by atoms with E-state index in [1.165, 1.54) is 60.5 Å². The highest BCUT2D eigenvalue weighted by molar-refractivity contribution is 7.12. The second kappa shape index (κ2) is 11.7. The maximum atomic E-state index is 13.9. The van der Waals surface area contributed by atoms with Crippen LogP contribution in [0.15, 0.2) is 36.4 Å². The third-order valence-corrected chi connectivity index (χ3v) is 11.2. The number of rotatable bonds is 8. The molecule has 40 heavy (non-hydrogen) atoms. The Balaban J connectivity index is 1.17. The van der Waals surface area contributed by atoms with E-state index in [4.69, 9.17) is 9.72 Å². The van der Waals surface area contributed by atoms with Gasteiger partial charge in [-0.3, -0.25) is 4.79 Å². The van der Waals surface area contributed by atoms with Crippen molar-refractivity contribution >= 4 is 17.2 Å². The number of nitrogens with zero attached hydrogens (tertiary/aromatic N) is 3. The van der Waals surface area contributed by atoms with Crippen molar-refractivity contribution in [1.82, 2.24) is 14.8 Å². The SMILES string of the molecule is Cc1cc(C)c(CN2CCc3sc(C(C)C4CCC(N5CCC5)CC4)c(C)c3C2=O)c(OCc2ccccc2)n1. The van der Waals surface area contributed by atoms with Gasteiger partial charge in [0.2, 0.25) is 5.88 Å². The number of thiophene rings is 1. The number of likely N-dealkylation sites (tertiary alicyclic amines) is 1. The highest BCUT2D eigenvalue weighted by Gasteiger charge is 2.35. The average molecular weight is 558 g/mol. The number of hydrogen-bond donors (Lipinski definition) is 0. The lowest BCUT2D eigenvalue weighted by Crippen LogP contribution is -2.46. The quantitative estimate of drug-likeness (QED) is 0.294. The van der Waals surface area contributed by atoms with Crippen LogP contribution in [0.5, 0.6) is 5.88 Å². The molecule has 2 aromatic heterocycles. The molecule has 1 atom stereocenters. The molecule has 0 bridgehead atoms. The van der Waals surface area contributed by atoms with Crippen molar-refractivity contribution in [1.29, 1.82) is 0 Å². The fourth-order valence-corrected chi connectivity index (χ4v) is 8.51. The molecular formula is C34H43N3O2S. The Morgan fingerprint density at radius 1 is 1.05 bits per heavy atom. The lowest BCUT2D eigenvalue weighted by molar-refractivity contribution is 0.0725. The Bertz CT molecular complexity index is 1360. The second-order valence-electron chi connectivity index (χ2n) is 12.3. The van der Waals surface area contributed by atoms with E-state index in [1.54, 1.807) is 0 Å². The van der Waals surface area contributed by atoms with E-state index < -0.39 is 0 Å². The first-order valence-corrected chi connectivity index (χ1v) is 16.0. The van der Waals surface area contributed by atoms with Gasteiger partial charge in [0, 0.05) is 40.0 Å². The maximum Gasteiger partial charge on any atom is 0.255 e. The normalized spacial score (nSPS) is 22.1. The third kappa shape index (κ3) is 5.45. The summed E-state index contributed by atoms with van der Waals surface area (Å²) in [4.78, 5) is 26.1. The minimum Gasteiger partial charge on any atom is -0.473 e.